The number of rotatable bonds is 14. The average Bonchev–Trinajstić information content (AvgIpc) is 3.05. The smallest absolute Gasteiger partial charge is 0.246 e. The summed E-state index contributed by atoms with van der Waals surface area (Å²) in [6, 6.07) is 20.8. The van der Waals surface area contributed by atoms with Crippen LogP contribution in [0.25, 0.3) is 0 Å². The Kier molecular flexibility index (Phi) is 11.6. The normalized spacial score (nSPS) is 17.0. The molecule has 48 heavy (non-hydrogen) atoms. The van der Waals surface area contributed by atoms with E-state index in [0.717, 1.165) is 11.1 Å². The Bertz CT molecular complexity index is 1580. The van der Waals surface area contributed by atoms with Gasteiger partial charge < -0.3 is 31.3 Å². The Morgan fingerprint density at radius 2 is 1.56 bits per heavy atom. The standard InChI is InChI=1S/C37H46FN5O5/c1-5-9-31-33(45)43(37(4,34(39)46)23-26-14-18-29(19-15-26)48-24-27-10-7-6-8-11-27)21-20-42(31)32(44)30(41-35(47)36(2,3)40)22-25-12-16-28(38)17-13-25/h6-8,10-19,30-31H,5,9,20-24,40H2,1-4H3,(H2,39,46)(H,41,47). The minimum atomic E-state index is -1.38. The molecule has 1 aliphatic heterocycles. The Balaban J connectivity index is 1.54. The predicted octanol–water partition coefficient (Wildman–Crippen LogP) is 3.50. The number of benzene rings is 3. The summed E-state index contributed by atoms with van der Waals surface area (Å²) in [6.45, 7) is 7.19. The third-order valence-electron chi connectivity index (χ3n) is 8.73. The van der Waals surface area contributed by atoms with Crippen molar-refractivity contribution in [3.63, 3.8) is 0 Å². The van der Waals surface area contributed by atoms with E-state index in [1.54, 1.807) is 19.1 Å². The number of halogens is 1. The number of hydrogen-bond acceptors (Lipinski definition) is 6. The summed E-state index contributed by atoms with van der Waals surface area (Å²) in [7, 11) is 0. The van der Waals surface area contributed by atoms with Gasteiger partial charge in [0.25, 0.3) is 0 Å². The van der Waals surface area contributed by atoms with Gasteiger partial charge in [0, 0.05) is 25.9 Å². The maximum Gasteiger partial charge on any atom is 0.246 e. The molecule has 3 atom stereocenters. The maximum atomic E-state index is 14.2. The van der Waals surface area contributed by atoms with Crippen LogP contribution >= 0.6 is 0 Å². The fourth-order valence-corrected chi connectivity index (χ4v) is 5.85. The number of piperazine rings is 1. The fraction of sp³-hybridized carbons (Fsp3) is 0.405. The highest BCUT2D eigenvalue weighted by Gasteiger charge is 2.48. The number of nitrogens with two attached hydrogens (primary N) is 2. The molecule has 256 valence electrons. The molecule has 0 saturated carbocycles. The highest BCUT2D eigenvalue weighted by molar-refractivity contribution is 5.97. The van der Waals surface area contributed by atoms with Crippen LogP contribution in [0.1, 0.15) is 57.2 Å². The Morgan fingerprint density at radius 3 is 2.15 bits per heavy atom. The Morgan fingerprint density at radius 1 is 0.938 bits per heavy atom. The molecule has 3 aromatic rings. The average molecular weight is 660 g/mol. The van der Waals surface area contributed by atoms with E-state index in [4.69, 9.17) is 16.2 Å². The minimum Gasteiger partial charge on any atom is -0.489 e. The van der Waals surface area contributed by atoms with Crippen LogP contribution in [-0.4, -0.2) is 69.7 Å². The summed E-state index contributed by atoms with van der Waals surface area (Å²) in [4.78, 5) is 57.3. The first-order valence-electron chi connectivity index (χ1n) is 16.2. The molecule has 10 nitrogen and oxygen atoms in total. The number of amides is 4. The van der Waals surface area contributed by atoms with Crippen LogP contribution in [0.3, 0.4) is 0 Å². The second-order valence-electron chi connectivity index (χ2n) is 13.1. The lowest BCUT2D eigenvalue weighted by atomic mass is 9.87. The van der Waals surface area contributed by atoms with Crippen LogP contribution in [0.4, 0.5) is 4.39 Å². The molecule has 0 aromatic heterocycles. The summed E-state index contributed by atoms with van der Waals surface area (Å²) >= 11 is 0. The van der Waals surface area contributed by atoms with Gasteiger partial charge in [0.05, 0.1) is 5.54 Å². The number of carbonyl (C=O) groups excluding carboxylic acids is 4. The molecule has 4 rings (SSSR count). The summed E-state index contributed by atoms with van der Waals surface area (Å²) in [5.41, 5.74) is 11.8. The van der Waals surface area contributed by atoms with Crippen LogP contribution in [-0.2, 0) is 38.6 Å². The van der Waals surface area contributed by atoms with Crippen molar-refractivity contribution in [1.82, 2.24) is 15.1 Å². The Hall–Kier alpha value is -4.77. The van der Waals surface area contributed by atoms with E-state index in [1.807, 2.05) is 61.5 Å². The molecule has 0 spiro atoms. The van der Waals surface area contributed by atoms with Crippen molar-refractivity contribution in [1.29, 1.82) is 0 Å². The zero-order valence-electron chi connectivity index (χ0n) is 28.1. The fourth-order valence-electron chi connectivity index (χ4n) is 5.85. The van der Waals surface area contributed by atoms with Gasteiger partial charge in [-0.2, -0.15) is 0 Å². The van der Waals surface area contributed by atoms with Gasteiger partial charge in [-0.05, 0) is 68.1 Å². The molecule has 1 heterocycles. The molecule has 1 fully saturated rings. The van der Waals surface area contributed by atoms with Crippen molar-refractivity contribution >= 4 is 23.6 Å². The van der Waals surface area contributed by atoms with E-state index < -0.39 is 52.6 Å². The third-order valence-corrected chi connectivity index (χ3v) is 8.73. The molecule has 3 aromatic carbocycles. The van der Waals surface area contributed by atoms with E-state index in [1.165, 1.54) is 35.8 Å². The molecule has 4 amide bonds. The van der Waals surface area contributed by atoms with Gasteiger partial charge in [-0.15, -0.1) is 0 Å². The number of nitrogens with zero attached hydrogens (tertiary/aromatic N) is 2. The molecule has 0 aliphatic carbocycles. The first kappa shape index (κ1) is 36.1. The van der Waals surface area contributed by atoms with Crippen LogP contribution < -0.4 is 21.5 Å². The molecular weight excluding hydrogens is 613 g/mol. The van der Waals surface area contributed by atoms with E-state index in [2.05, 4.69) is 5.32 Å². The molecule has 1 aliphatic rings. The van der Waals surface area contributed by atoms with Crippen molar-refractivity contribution in [2.24, 2.45) is 11.5 Å². The van der Waals surface area contributed by atoms with E-state index in [9.17, 15) is 23.6 Å². The second kappa shape index (κ2) is 15.4. The molecular formula is C37H46FN5O5. The molecule has 11 heteroatoms. The zero-order valence-corrected chi connectivity index (χ0v) is 28.1. The van der Waals surface area contributed by atoms with E-state index in [0.29, 0.717) is 30.8 Å². The predicted molar refractivity (Wildman–Crippen MR) is 181 cm³/mol. The van der Waals surface area contributed by atoms with E-state index in [-0.39, 0.29) is 25.9 Å². The van der Waals surface area contributed by atoms with Crippen molar-refractivity contribution in [2.75, 3.05) is 13.1 Å². The summed E-state index contributed by atoms with van der Waals surface area (Å²) in [5.74, 6) is -1.83. The van der Waals surface area contributed by atoms with Gasteiger partial charge in [-0.25, -0.2) is 4.39 Å². The number of nitrogens with one attached hydrogen (secondary N) is 1. The highest BCUT2D eigenvalue weighted by Crippen LogP contribution is 2.29. The monoisotopic (exact) mass is 659 g/mol. The number of carbonyl (C=O) groups is 4. The van der Waals surface area contributed by atoms with Gasteiger partial charge in [0.15, 0.2) is 0 Å². The lowest BCUT2D eigenvalue weighted by Crippen LogP contribution is -2.69. The lowest BCUT2D eigenvalue weighted by Gasteiger charge is -2.48. The third kappa shape index (κ3) is 8.77. The Labute approximate surface area is 281 Å². The maximum absolute atomic E-state index is 14.2. The topological polar surface area (TPSA) is 148 Å². The quantitative estimate of drug-likeness (QED) is 0.241. The van der Waals surface area contributed by atoms with Gasteiger partial charge in [0.1, 0.15) is 35.8 Å². The van der Waals surface area contributed by atoms with Crippen molar-refractivity contribution in [2.45, 2.75) is 83.1 Å². The lowest BCUT2D eigenvalue weighted by molar-refractivity contribution is -0.161. The number of hydrogen-bond donors (Lipinski definition) is 3. The summed E-state index contributed by atoms with van der Waals surface area (Å²) < 4.78 is 19.5. The van der Waals surface area contributed by atoms with Crippen molar-refractivity contribution in [3.05, 3.63) is 101 Å². The van der Waals surface area contributed by atoms with E-state index >= 15 is 0 Å². The van der Waals surface area contributed by atoms with Crippen LogP contribution in [0.2, 0.25) is 0 Å². The van der Waals surface area contributed by atoms with Crippen molar-refractivity contribution in [3.8, 4) is 5.75 Å². The zero-order chi connectivity index (χ0) is 35.1. The van der Waals surface area contributed by atoms with Crippen molar-refractivity contribution < 1.29 is 28.3 Å². The van der Waals surface area contributed by atoms with Crippen LogP contribution in [0, 0.1) is 5.82 Å². The second-order valence-corrected chi connectivity index (χ2v) is 13.1. The highest BCUT2D eigenvalue weighted by atomic mass is 19.1. The molecule has 1 saturated heterocycles. The first-order chi connectivity index (χ1) is 22.7. The summed E-state index contributed by atoms with van der Waals surface area (Å²) in [6.07, 6.45) is 1.15. The SMILES string of the molecule is CCCC1C(=O)N(C(C)(Cc2ccc(OCc3ccccc3)cc2)C(N)=O)CCN1C(=O)C(Cc1ccc(F)cc1)NC(=O)C(C)(C)N. The van der Waals surface area contributed by atoms with Gasteiger partial charge in [-0.1, -0.05) is 67.9 Å². The van der Waals surface area contributed by atoms with Gasteiger partial charge in [-0.3, -0.25) is 19.2 Å². The molecule has 3 unspecified atom stereocenters. The first-order valence-corrected chi connectivity index (χ1v) is 16.2. The number of ether oxygens (including phenoxy) is 1. The van der Waals surface area contributed by atoms with Crippen LogP contribution in [0.15, 0.2) is 78.9 Å². The molecule has 0 radical (unpaired) electrons. The minimum absolute atomic E-state index is 0.0576. The van der Waals surface area contributed by atoms with Crippen LogP contribution in [0.5, 0.6) is 5.75 Å². The number of primary amides is 1. The molecule has 0 bridgehead atoms. The largest absolute Gasteiger partial charge is 0.489 e. The molecule has 5 N–H and O–H groups in total. The summed E-state index contributed by atoms with van der Waals surface area (Å²) in [5, 5.41) is 2.75. The van der Waals surface area contributed by atoms with Gasteiger partial charge >= 0.3 is 0 Å². The van der Waals surface area contributed by atoms with Gasteiger partial charge in [0.2, 0.25) is 23.6 Å².